The van der Waals surface area contributed by atoms with E-state index in [0.29, 0.717) is 12.5 Å². The summed E-state index contributed by atoms with van der Waals surface area (Å²) in [6, 6.07) is 2.01. The summed E-state index contributed by atoms with van der Waals surface area (Å²) in [4.78, 5) is 11.8. The molecular formula is C14H25ClN4O. The van der Waals surface area contributed by atoms with Gasteiger partial charge in [0.2, 0.25) is 5.91 Å². The average molecular weight is 301 g/mol. The normalized spacial score (nSPS) is 17.4. The SMILES string of the molecule is CC(CN)C(=O)Nc1cc(C2CCCCC2)nn1C.Cl. The largest absolute Gasteiger partial charge is 0.330 e. The Morgan fingerprint density at radius 3 is 2.75 bits per heavy atom. The fraction of sp³-hybridized carbons (Fsp3) is 0.714. The first-order chi connectivity index (χ1) is 9.11. The monoisotopic (exact) mass is 300 g/mol. The van der Waals surface area contributed by atoms with Crippen molar-refractivity contribution in [1.82, 2.24) is 9.78 Å². The van der Waals surface area contributed by atoms with E-state index >= 15 is 0 Å². The van der Waals surface area contributed by atoms with Crippen LogP contribution < -0.4 is 11.1 Å². The predicted octanol–water partition coefficient (Wildman–Crippen LogP) is 2.42. The molecule has 3 N–H and O–H groups in total. The van der Waals surface area contributed by atoms with Crippen molar-refractivity contribution in [3.05, 3.63) is 11.8 Å². The highest BCUT2D eigenvalue weighted by atomic mass is 35.5. The number of aromatic nitrogens is 2. The Balaban J connectivity index is 0.00000200. The first-order valence-electron chi connectivity index (χ1n) is 7.16. The Morgan fingerprint density at radius 2 is 2.15 bits per heavy atom. The third-order valence-corrected chi connectivity index (χ3v) is 3.97. The standard InChI is InChI=1S/C14H24N4O.ClH/c1-10(9-15)14(19)16-13-8-12(17-18(13)2)11-6-4-3-5-7-11;/h8,10-11H,3-7,9,15H2,1-2H3,(H,16,19);1H. The maximum Gasteiger partial charge on any atom is 0.229 e. The van der Waals surface area contributed by atoms with Crippen molar-refractivity contribution in [3.8, 4) is 0 Å². The molecule has 1 saturated carbocycles. The van der Waals surface area contributed by atoms with Crippen LogP contribution in [0.2, 0.25) is 0 Å². The van der Waals surface area contributed by atoms with E-state index in [1.807, 2.05) is 20.0 Å². The number of carbonyl (C=O) groups is 1. The molecule has 1 aromatic heterocycles. The van der Waals surface area contributed by atoms with Crippen LogP contribution >= 0.6 is 12.4 Å². The van der Waals surface area contributed by atoms with Gasteiger partial charge >= 0.3 is 0 Å². The second kappa shape index (κ2) is 7.64. The van der Waals surface area contributed by atoms with Gasteiger partial charge in [0, 0.05) is 31.5 Å². The second-order valence-corrected chi connectivity index (χ2v) is 5.54. The number of halogens is 1. The molecule has 1 aromatic rings. The lowest BCUT2D eigenvalue weighted by Crippen LogP contribution is -2.27. The molecule has 1 unspecified atom stereocenters. The lowest BCUT2D eigenvalue weighted by atomic mass is 9.87. The number of amides is 1. The molecule has 1 amide bonds. The molecule has 1 aliphatic rings. The molecule has 0 aliphatic heterocycles. The molecule has 2 rings (SSSR count). The summed E-state index contributed by atoms with van der Waals surface area (Å²) in [6.07, 6.45) is 6.33. The third-order valence-electron chi connectivity index (χ3n) is 3.97. The van der Waals surface area contributed by atoms with Gasteiger partial charge in [-0.3, -0.25) is 9.48 Å². The minimum absolute atomic E-state index is 0. The van der Waals surface area contributed by atoms with Crippen LogP contribution in [-0.4, -0.2) is 22.2 Å². The molecule has 114 valence electrons. The maximum atomic E-state index is 11.8. The van der Waals surface area contributed by atoms with E-state index in [1.165, 1.54) is 32.1 Å². The van der Waals surface area contributed by atoms with E-state index in [4.69, 9.17) is 5.73 Å². The summed E-state index contributed by atoms with van der Waals surface area (Å²) in [7, 11) is 1.87. The van der Waals surface area contributed by atoms with E-state index in [-0.39, 0.29) is 24.2 Å². The third kappa shape index (κ3) is 3.96. The van der Waals surface area contributed by atoms with Gasteiger partial charge in [-0.1, -0.05) is 26.2 Å². The fourth-order valence-corrected chi connectivity index (χ4v) is 2.56. The first-order valence-corrected chi connectivity index (χ1v) is 7.16. The molecule has 20 heavy (non-hydrogen) atoms. The van der Waals surface area contributed by atoms with Crippen molar-refractivity contribution in [2.24, 2.45) is 18.7 Å². The summed E-state index contributed by atoms with van der Waals surface area (Å²) in [6.45, 7) is 2.19. The summed E-state index contributed by atoms with van der Waals surface area (Å²) in [5.74, 6) is 1.11. The molecule has 0 radical (unpaired) electrons. The van der Waals surface area contributed by atoms with Gasteiger partial charge in [-0.05, 0) is 12.8 Å². The Kier molecular flexibility index (Phi) is 6.49. The molecule has 0 spiro atoms. The zero-order valence-electron chi connectivity index (χ0n) is 12.3. The summed E-state index contributed by atoms with van der Waals surface area (Å²) >= 11 is 0. The molecule has 5 nitrogen and oxygen atoms in total. The smallest absolute Gasteiger partial charge is 0.229 e. The van der Waals surface area contributed by atoms with E-state index < -0.39 is 0 Å². The van der Waals surface area contributed by atoms with Crippen LogP contribution in [0.3, 0.4) is 0 Å². The van der Waals surface area contributed by atoms with Gasteiger partial charge in [-0.2, -0.15) is 5.10 Å². The van der Waals surface area contributed by atoms with E-state index in [9.17, 15) is 4.79 Å². The van der Waals surface area contributed by atoms with Crippen LogP contribution in [-0.2, 0) is 11.8 Å². The zero-order valence-corrected chi connectivity index (χ0v) is 13.1. The van der Waals surface area contributed by atoms with E-state index in [1.54, 1.807) is 4.68 Å². The van der Waals surface area contributed by atoms with Gasteiger partial charge in [0.25, 0.3) is 0 Å². The number of nitrogens with one attached hydrogen (secondary N) is 1. The van der Waals surface area contributed by atoms with Crippen LogP contribution in [0.5, 0.6) is 0 Å². The van der Waals surface area contributed by atoms with Gasteiger partial charge in [0.15, 0.2) is 0 Å². The molecule has 1 heterocycles. The van der Waals surface area contributed by atoms with Gasteiger partial charge in [0.1, 0.15) is 5.82 Å². The predicted molar refractivity (Wildman–Crippen MR) is 83.1 cm³/mol. The van der Waals surface area contributed by atoms with Crippen LogP contribution in [0, 0.1) is 5.92 Å². The quantitative estimate of drug-likeness (QED) is 0.897. The Bertz CT molecular complexity index is 440. The zero-order chi connectivity index (χ0) is 13.8. The van der Waals surface area contributed by atoms with Crippen molar-refractivity contribution in [2.45, 2.75) is 44.9 Å². The number of hydrogen-bond acceptors (Lipinski definition) is 3. The summed E-state index contributed by atoms with van der Waals surface area (Å²) in [5.41, 5.74) is 6.61. The van der Waals surface area contributed by atoms with Crippen LogP contribution in [0.4, 0.5) is 5.82 Å². The first kappa shape index (κ1) is 17.0. The maximum absolute atomic E-state index is 11.8. The Labute approximate surface area is 126 Å². The number of anilines is 1. The summed E-state index contributed by atoms with van der Waals surface area (Å²) in [5, 5.41) is 7.45. The number of carbonyl (C=O) groups excluding carboxylic acids is 1. The number of rotatable bonds is 4. The number of nitrogens with zero attached hydrogens (tertiary/aromatic N) is 2. The summed E-state index contributed by atoms with van der Waals surface area (Å²) < 4.78 is 1.76. The topological polar surface area (TPSA) is 72.9 Å². The second-order valence-electron chi connectivity index (χ2n) is 5.54. The Hall–Kier alpha value is -1.07. The van der Waals surface area contributed by atoms with Crippen LogP contribution in [0.25, 0.3) is 0 Å². The van der Waals surface area contributed by atoms with Crippen LogP contribution in [0.15, 0.2) is 6.07 Å². The van der Waals surface area contributed by atoms with Gasteiger partial charge in [0.05, 0.1) is 5.69 Å². The number of hydrogen-bond donors (Lipinski definition) is 2. The van der Waals surface area contributed by atoms with Gasteiger partial charge < -0.3 is 11.1 Å². The molecule has 0 saturated heterocycles. The molecule has 1 atom stereocenters. The molecule has 0 aromatic carbocycles. The highest BCUT2D eigenvalue weighted by Crippen LogP contribution is 2.32. The number of nitrogens with two attached hydrogens (primary N) is 1. The highest BCUT2D eigenvalue weighted by molar-refractivity contribution is 5.91. The molecule has 1 aliphatic carbocycles. The van der Waals surface area contributed by atoms with Gasteiger partial charge in [-0.15, -0.1) is 12.4 Å². The van der Waals surface area contributed by atoms with Gasteiger partial charge in [-0.25, -0.2) is 0 Å². The lowest BCUT2D eigenvalue weighted by molar-refractivity contribution is -0.119. The van der Waals surface area contributed by atoms with Crippen molar-refractivity contribution < 1.29 is 4.79 Å². The van der Waals surface area contributed by atoms with Crippen molar-refractivity contribution in [2.75, 3.05) is 11.9 Å². The number of aryl methyl sites for hydroxylation is 1. The Morgan fingerprint density at radius 1 is 1.50 bits per heavy atom. The molecular weight excluding hydrogens is 276 g/mol. The average Bonchev–Trinajstić information content (AvgIpc) is 2.80. The molecule has 0 bridgehead atoms. The van der Waals surface area contributed by atoms with Crippen LogP contribution in [0.1, 0.15) is 50.6 Å². The highest BCUT2D eigenvalue weighted by Gasteiger charge is 2.20. The molecule has 6 heteroatoms. The fourth-order valence-electron chi connectivity index (χ4n) is 2.56. The van der Waals surface area contributed by atoms with Crippen molar-refractivity contribution >= 4 is 24.1 Å². The lowest BCUT2D eigenvalue weighted by Gasteiger charge is -2.19. The van der Waals surface area contributed by atoms with Crippen molar-refractivity contribution in [3.63, 3.8) is 0 Å². The minimum atomic E-state index is -0.173. The van der Waals surface area contributed by atoms with Crippen molar-refractivity contribution in [1.29, 1.82) is 0 Å². The molecule has 1 fully saturated rings. The van der Waals surface area contributed by atoms with E-state index in [0.717, 1.165) is 11.5 Å². The minimum Gasteiger partial charge on any atom is -0.330 e. The van der Waals surface area contributed by atoms with E-state index in [2.05, 4.69) is 10.4 Å².